The Morgan fingerprint density at radius 3 is 1.55 bits per heavy atom. The van der Waals surface area contributed by atoms with E-state index in [1.54, 1.807) is 0 Å². The first-order chi connectivity index (χ1) is 28.0. The monoisotopic (exact) mass is 843 g/mol. The lowest BCUT2D eigenvalue weighted by molar-refractivity contribution is -0.220. The highest BCUT2D eigenvalue weighted by Crippen LogP contribution is 2.47. The van der Waals surface area contributed by atoms with Gasteiger partial charge in [0.05, 0.1) is 12.9 Å². The summed E-state index contributed by atoms with van der Waals surface area (Å²) in [5, 5.41) is 50.1. The first-order valence-electron chi connectivity index (χ1n) is 22.2. The number of hydrogen-bond acceptors (Lipinski definition) is 11. The maximum atomic E-state index is 12.8. The third kappa shape index (κ3) is 27.6. The van der Waals surface area contributed by atoms with Gasteiger partial charge >= 0.3 is 13.8 Å². The first-order valence-corrected chi connectivity index (χ1v) is 23.7. The van der Waals surface area contributed by atoms with Crippen LogP contribution in [0.1, 0.15) is 162 Å². The molecule has 1 aliphatic carbocycles. The van der Waals surface area contributed by atoms with Gasteiger partial charge in [-0.3, -0.25) is 13.8 Å². The van der Waals surface area contributed by atoms with Crippen LogP contribution in [0.3, 0.4) is 0 Å². The fourth-order valence-corrected chi connectivity index (χ4v) is 7.40. The predicted octanol–water partition coefficient (Wildman–Crippen LogP) is 8.99. The molecule has 1 aliphatic rings. The van der Waals surface area contributed by atoms with Gasteiger partial charge in [-0.25, -0.2) is 4.57 Å². The van der Waals surface area contributed by atoms with Gasteiger partial charge < -0.3 is 39.9 Å². The van der Waals surface area contributed by atoms with Crippen LogP contribution in [0.25, 0.3) is 0 Å². The standard InChI is InChI=1S/C45H79O12P/c1-3-5-7-9-11-13-15-17-19-21-23-25-27-29-31-33-35-54-36-38(37-55-58(52,53)57-45-43(50)41(48)40(47)42(49)44(45)51)56-39(46)34-32-30-28-26-24-22-20-18-16-14-12-10-8-6-4-2/h6,8,12,14,18,20,24,26,33,35,38,40-45,47-51H,3-5,7,9-11,13,15-17,19,21-23,25,27-32,34,36-37H2,1-2H3,(H,52,53)/b8-6-,14-12-,20-18-,26-24-,35-33-/t38-,40?,41-,42?,43?,44?,45?/m1/s1. The highest BCUT2D eigenvalue weighted by molar-refractivity contribution is 7.47. The maximum absolute atomic E-state index is 12.8. The number of phosphoric acid groups is 1. The summed E-state index contributed by atoms with van der Waals surface area (Å²) in [5.41, 5.74) is 0. The summed E-state index contributed by atoms with van der Waals surface area (Å²) < 4.78 is 33.8. The summed E-state index contributed by atoms with van der Waals surface area (Å²) in [6, 6.07) is 0. The second-order valence-electron chi connectivity index (χ2n) is 15.2. The van der Waals surface area contributed by atoms with Crippen molar-refractivity contribution >= 4 is 13.8 Å². The van der Waals surface area contributed by atoms with E-state index in [0.29, 0.717) is 6.42 Å². The molecule has 0 aliphatic heterocycles. The average Bonchev–Trinajstić information content (AvgIpc) is 3.21. The lowest BCUT2D eigenvalue weighted by Crippen LogP contribution is -2.64. The zero-order chi connectivity index (χ0) is 42.7. The molecule has 12 nitrogen and oxygen atoms in total. The number of ether oxygens (including phenoxy) is 2. The number of allylic oxidation sites excluding steroid dienone is 9. The van der Waals surface area contributed by atoms with Gasteiger partial charge in [-0.2, -0.15) is 0 Å². The number of unbranched alkanes of at least 4 members (excludes halogenated alkanes) is 16. The molecule has 8 atom stereocenters. The number of carbonyl (C=O) groups is 1. The Hall–Kier alpha value is -2.12. The quantitative estimate of drug-likeness (QED) is 0.0116. The van der Waals surface area contributed by atoms with Crippen LogP contribution in [0.15, 0.2) is 60.9 Å². The van der Waals surface area contributed by atoms with E-state index >= 15 is 0 Å². The summed E-state index contributed by atoms with van der Waals surface area (Å²) >= 11 is 0. The summed E-state index contributed by atoms with van der Waals surface area (Å²) in [5.74, 6) is -0.541. The van der Waals surface area contributed by atoms with Crippen LogP contribution in [0.5, 0.6) is 0 Å². The van der Waals surface area contributed by atoms with E-state index < -0.39 is 63.1 Å². The normalized spacial score (nSPS) is 23.2. The number of aliphatic hydroxyl groups excluding tert-OH is 5. The molecular weight excluding hydrogens is 763 g/mol. The Bertz CT molecular complexity index is 1190. The Labute approximate surface area is 349 Å². The number of phosphoric ester groups is 1. The van der Waals surface area contributed by atoms with Crippen LogP contribution in [-0.4, -0.2) is 92.3 Å². The Morgan fingerprint density at radius 1 is 0.569 bits per heavy atom. The molecule has 0 aromatic carbocycles. The fourth-order valence-electron chi connectivity index (χ4n) is 6.43. The number of aliphatic hydroxyl groups is 5. The van der Waals surface area contributed by atoms with Gasteiger partial charge in [0.2, 0.25) is 0 Å². The molecule has 6 unspecified atom stereocenters. The van der Waals surface area contributed by atoms with E-state index in [-0.39, 0.29) is 13.0 Å². The average molecular weight is 843 g/mol. The van der Waals surface area contributed by atoms with E-state index in [2.05, 4.69) is 62.5 Å². The molecule has 1 fully saturated rings. The van der Waals surface area contributed by atoms with Crippen LogP contribution in [0, 0.1) is 0 Å². The molecule has 0 aromatic rings. The molecule has 0 saturated heterocycles. The molecule has 0 aromatic heterocycles. The summed E-state index contributed by atoms with van der Waals surface area (Å²) in [7, 11) is -5.04. The molecule has 6 N–H and O–H groups in total. The minimum Gasteiger partial charge on any atom is -0.498 e. The van der Waals surface area contributed by atoms with Crippen molar-refractivity contribution in [3.63, 3.8) is 0 Å². The molecule has 0 spiro atoms. The van der Waals surface area contributed by atoms with Crippen molar-refractivity contribution in [2.45, 2.75) is 204 Å². The Morgan fingerprint density at radius 2 is 1.02 bits per heavy atom. The van der Waals surface area contributed by atoms with Crippen molar-refractivity contribution in [3.05, 3.63) is 60.9 Å². The summed E-state index contributed by atoms with van der Waals surface area (Å²) in [6.07, 6.45) is 32.3. The van der Waals surface area contributed by atoms with Crippen molar-refractivity contribution in [2.75, 3.05) is 13.2 Å². The summed E-state index contributed by atoms with van der Waals surface area (Å²) in [6.45, 7) is 3.56. The fraction of sp³-hybridized carbons (Fsp3) is 0.756. The minimum absolute atomic E-state index is 0.116. The molecule has 1 saturated carbocycles. The second kappa shape index (κ2) is 35.6. The van der Waals surface area contributed by atoms with Crippen LogP contribution < -0.4 is 0 Å². The van der Waals surface area contributed by atoms with E-state index in [0.717, 1.165) is 57.8 Å². The molecular formula is C45H79O12P. The van der Waals surface area contributed by atoms with E-state index in [9.17, 15) is 39.8 Å². The Balaban J connectivity index is 2.48. The summed E-state index contributed by atoms with van der Waals surface area (Å²) in [4.78, 5) is 23.1. The van der Waals surface area contributed by atoms with Gasteiger partial charge in [-0.1, -0.05) is 146 Å². The number of esters is 1. The Kier molecular flexibility index (Phi) is 33.1. The van der Waals surface area contributed by atoms with Crippen LogP contribution in [-0.2, 0) is 27.9 Å². The first kappa shape index (κ1) is 53.9. The minimum atomic E-state index is -5.04. The van der Waals surface area contributed by atoms with Crippen molar-refractivity contribution < 1.29 is 58.3 Å². The van der Waals surface area contributed by atoms with Gasteiger partial charge in [0, 0.05) is 6.42 Å². The van der Waals surface area contributed by atoms with Gasteiger partial charge in [-0.15, -0.1) is 0 Å². The second-order valence-corrected chi connectivity index (χ2v) is 16.6. The molecule has 0 amide bonds. The topological polar surface area (TPSA) is 192 Å². The van der Waals surface area contributed by atoms with Gasteiger partial charge in [0.25, 0.3) is 0 Å². The highest BCUT2D eigenvalue weighted by atomic mass is 31.2. The largest absolute Gasteiger partial charge is 0.498 e. The van der Waals surface area contributed by atoms with Crippen LogP contribution >= 0.6 is 7.82 Å². The third-order valence-electron chi connectivity index (χ3n) is 9.97. The van der Waals surface area contributed by atoms with E-state index in [1.165, 1.54) is 83.3 Å². The van der Waals surface area contributed by atoms with E-state index in [4.69, 9.17) is 18.5 Å². The molecule has 0 heterocycles. The maximum Gasteiger partial charge on any atom is 0.472 e. The molecule has 0 radical (unpaired) electrons. The molecule has 336 valence electrons. The molecule has 0 bridgehead atoms. The molecule has 13 heteroatoms. The lowest BCUT2D eigenvalue weighted by Gasteiger charge is -2.41. The molecule has 58 heavy (non-hydrogen) atoms. The van der Waals surface area contributed by atoms with Crippen molar-refractivity contribution in [1.82, 2.24) is 0 Å². The van der Waals surface area contributed by atoms with Crippen LogP contribution in [0.4, 0.5) is 0 Å². The van der Waals surface area contributed by atoms with Gasteiger partial charge in [0.1, 0.15) is 43.2 Å². The van der Waals surface area contributed by atoms with Crippen molar-refractivity contribution in [1.29, 1.82) is 0 Å². The number of rotatable bonds is 36. The van der Waals surface area contributed by atoms with Crippen LogP contribution in [0.2, 0.25) is 0 Å². The van der Waals surface area contributed by atoms with E-state index in [1.807, 2.05) is 6.08 Å². The van der Waals surface area contributed by atoms with Crippen molar-refractivity contribution in [2.24, 2.45) is 0 Å². The lowest BCUT2D eigenvalue weighted by atomic mass is 9.85. The SMILES string of the molecule is CC/C=C\C/C=C\C/C=C\C/C=C\CCCCC(=O)O[C@H](CO/C=C\CCCCCCCCCCCCCCCC)COP(=O)(O)OC1C(O)C(O)C(O)[C@@H](O)C1O. The highest BCUT2D eigenvalue weighted by Gasteiger charge is 2.51. The van der Waals surface area contributed by atoms with Gasteiger partial charge in [-0.05, 0) is 63.9 Å². The van der Waals surface area contributed by atoms with Gasteiger partial charge in [0.15, 0.2) is 6.10 Å². The predicted molar refractivity (Wildman–Crippen MR) is 230 cm³/mol. The third-order valence-corrected chi connectivity index (χ3v) is 11.0. The smallest absolute Gasteiger partial charge is 0.472 e. The van der Waals surface area contributed by atoms with Crippen molar-refractivity contribution in [3.8, 4) is 0 Å². The number of carbonyl (C=O) groups excluding carboxylic acids is 1. The molecule has 1 rings (SSSR count). The zero-order valence-electron chi connectivity index (χ0n) is 35.6. The zero-order valence-corrected chi connectivity index (χ0v) is 36.5. The number of hydrogen-bond donors (Lipinski definition) is 6.